The largest absolute Gasteiger partial charge is 0.305 e. The van der Waals surface area contributed by atoms with Crippen LogP contribution in [-0.2, 0) is 6.54 Å². The Morgan fingerprint density at radius 2 is 1.95 bits per heavy atom. The van der Waals surface area contributed by atoms with E-state index in [1.54, 1.807) is 12.1 Å². The molecule has 0 spiro atoms. The maximum atomic E-state index is 13.7. The highest BCUT2D eigenvalue weighted by molar-refractivity contribution is 9.10. The van der Waals surface area contributed by atoms with E-state index in [9.17, 15) is 4.39 Å². The summed E-state index contributed by atoms with van der Waals surface area (Å²) in [7, 11) is 0. The fourth-order valence-electron chi connectivity index (χ4n) is 2.00. The highest BCUT2D eigenvalue weighted by Crippen LogP contribution is 2.19. The minimum atomic E-state index is -0.246. The van der Waals surface area contributed by atoms with Crippen LogP contribution >= 0.6 is 15.9 Å². The van der Waals surface area contributed by atoms with Gasteiger partial charge in [0.25, 0.3) is 0 Å². The molecule has 0 heterocycles. The van der Waals surface area contributed by atoms with Crippen molar-refractivity contribution in [3.8, 4) is 6.07 Å². The molecule has 0 saturated carbocycles. The van der Waals surface area contributed by atoms with Gasteiger partial charge in [-0.3, -0.25) is 0 Å². The first-order chi connectivity index (χ1) is 9.70. The molecule has 4 heteroatoms. The summed E-state index contributed by atoms with van der Waals surface area (Å²) in [5.41, 5.74) is 1.61. The third-order valence-electron chi connectivity index (χ3n) is 3.04. The zero-order valence-corrected chi connectivity index (χ0v) is 12.4. The first-order valence-corrected chi connectivity index (χ1v) is 7.09. The Labute approximate surface area is 126 Å². The van der Waals surface area contributed by atoms with Crippen molar-refractivity contribution >= 4 is 15.9 Å². The van der Waals surface area contributed by atoms with E-state index < -0.39 is 0 Å². The lowest BCUT2D eigenvalue weighted by atomic mass is 10.0. The van der Waals surface area contributed by atoms with Crippen molar-refractivity contribution in [1.29, 1.82) is 5.26 Å². The van der Waals surface area contributed by atoms with Gasteiger partial charge in [0.2, 0.25) is 0 Å². The molecule has 0 amide bonds. The van der Waals surface area contributed by atoms with Crippen LogP contribution in [0.3, 0.4) is 0 Å². The van der Waals surface area contributed by atoms with Crippen molar-refractivity contribution < 1.29 is 4.39 Å². The Balaban J connectivity index is 2.10. The van der Waals surface area contributed by atoms with Crippen LogP contribution in [0.15, 0.2) is 53.0 Å². The molecule has 102 valence electrons. The second-order valence-electron chi connectivity index (χ2n) is 4.44. The fourth-order valence-corrected chi connectivity index (χ4v) is 2.40. The standard InChI is InChI=1S/C16H14BrFN2/c17-14-6-7-15(18)13(10-14)11-20-16(8-9-19)12-4-2-1-3-5-12/h1-7,10,16,20H,8,11H2. The molecule has 0 radical (unpaired) electrons. The van der Waals surface area contributed by atoms with Crippen molar-refractivity contribution in [2.24, 2.45) is 0 Å². The van der Waals surface area contributed by atoms with Gasteiger partial charge in [-0.25, -0.2) is 4.39 Å². The first-order valence-electron chi connectivity index (χ1n) is 6.30. The van der Waals surface area contributed by atoms with Crippen LogP contribution in [-0.4, -0.2) is 0 Å². The number of nitriles is 1. The molecule has 2 nitrogen and oxygen atoms in total. The zero-order chi connectivity index (χ0) is 14.4. The van der Waals surface area contributed by atoms with Gasteiger partial charge in [-0.1, -0.05) is 46.3 Å². The van der Waals surface area contributed by atoms with E-state index in [4.69, 9.17) is 5.26 Å². The van der Waals surface area contributed by atoms with Crippen molar-refractivity contribution in [3.05, 3.63) is 69.9 Å². The fraction of sp³-hybridized carbons (Fsp3) is 0.188. The van der Waals surface area contributed by atoms with E-state index in [0.29, 0.717) is 18.5 Å². The quantitative estimate of drug-likeness (QED) is 0.884. The second-order valence-corrected chi connectivity index (χ2v) is 5.36. The molecule has 0 aliphatic heterocycles. The van der Waals surface area contributed by atoms with Gasteiger partial charge < -0.3 is 5.32 Å². The summed E-state index contributed by atoms with van der Waals surface area (Å²) in [6.45, 7) is 0.381. The predicted molar refractivity (Wildman–Crippen MR) is 80.4 cm³/mol. The minimum Gasteiger partial charge on any atom is -0.305 e. The molecular formula is C16H14BrFN2. The van der Waals surface area contributed by atoms with E-state index in [-0.39, 0.29) is 11.9 Å². The SMILES string of the molecule is N#CCC(NCc1cc(Br)ccc1F)c1ccccc1. The molecule has 0 aliphatic rings. The van der Waals surface area contributed by atoms with Crippen LogP contribution in [0.4, 0.5) is 4.39 Å². The van der Waals surface area contributed by atoms with E-state index in [2.05, 4.69) is 27.3 Å². The third-order valence-corrected chi connectivity index (χ3v) is 3.54. The molecule has 1 atom stereocenters. The number of benzene rings is 2. The van der Waals surface area contributed by atoms with Crippen LogP contribution in [0.5, 0.6) is 0 Å². The summed E-state index contributed by atoms with van der Waals surface area (Å²) in [4.78, 5) is 0. The number of rotatable bonds is 5. The van der Waals surface area contributed by atoms with E-state index in [0.717, 1.165) is 10.0 Å². The van der Waals surface area contributed by atoms with Crippen LogP contribution in [0.1, 0.15) is 23.6 Å². The van der Waals surface area contributed by atoms with Crippen LogP contribution < -0.4 is 5.32 Å². The summed E-state index contributed by atoms with van der Waals surface area (Å²) < 4.78 is 14.5. The molecule has 20 heavy (non-hydrogen) atoms. The van der Waals surface area contributed by atoms with E-state index >= 15 is 0 Å². The maximum Gasteiger partial charge on any atom is 0.127 e. The summed E-state index contributed by atoms with van der Waals surface area (Å²) in [5.74, 6) is -0.246. The van der Waals surface area contributed by atoms with Crippen molar-refractivity contribution in [2.45, 2.75) is 19.0 Å². The molecule has 2 rings (SSSR count). The van der Waals surface area contributed by atoms with Gasteiger partial charge in [0.15, 0.2) is 0 Å². The van der Waals surface area contributed by atoms with E-state index in [1.807, 2.05) is 30.3 Å². The lowest BCUT2D eigenvalue weighted by Gasteiger charge is -2.16. The van der Waals surface area contributed by atoms with Gasteiger partial charge in [-0.15, -0.1) is 0 Å². The Hall–Kier alpha value is -1.70. The van der Waals surface area contributed by atoms with Crippen LogP contribution in [0, 0.1) is 17.1 Å². The van der Waals surface area contributed by atoms with Crippen molar-refractivity contribution in [2.75, 3.05) is 0 Å². The highest BCUT2D eigenvalue weighted by Gasteiger charge is 2.11. The monoisotopic (exact) mass is 332 g/mol. The summed E-state index contributed by atoms with van der Waals surface area (Å²) in [5, 5.41) is 12.2. The molecule has 0 saturated heterocycles. The zero-order valence-electron chi connectivity index (χ0n) is 10.8. The molecule has 2 aromatic rings. The smallest absolute Gasteiger partial charge is 0.127 e. The van der Waals surface area contributed by atoms with Gasteiger partial charge in [-0.2, -0.15) is 5.26 Å². The molecule has 1 N–H and O–H groups in total. The topological polar surface area (TPSA) is 35.8 Å². The number of hydrogen-bond donors (Lipinski definition) is 1. The maximum absolute atomic E-state index is 13.7. The number of halogens is 2. The Kier molecular flexibility index (Phi) is 5.28. The van der Waals surface area contributed by atoms with Crippen molar-refractivity contribution in [3.63, 3.8) is 0 Å². The summed E-state index contributed by atoms with van der Waals surface area (Å²) >= 11 is 3.33. The van der Waals surface area contributed by atoms with Gasteiger partial charge in [0.05, 0.1) is 12.5 Å². The molecule has 0 aliphatic carbocycles. The van der Waals surface area contributed by atoms with Gasteiger partial charge in [-0.05, 0) is 23.8 Å². The second kappa shape index (κ2) is 7.18. The summed E-state index contributed by atoms with van der Waals surface area (Å²) in [6.07, 6.45) is 0.347. The average Bonchev–Trinajstić information content (AvgIpc) is 2.47. The van der Waals surface area contributed by atoms with E-state index in [1.165, 1.54) is 6.07 Å². The Morgan fingerprint density at radius 3 is 2.65 bits per heavy atom. The molecule has 0 bridgehead atoms. The Morgan fingerprint density at radius 1 is 1.20 bits per heavy atom. The first kappa shape index (κ1) is 14.7. The minimum absolute atomic E-state index is 0.0976. The molecule has 2 aromatic carbocycles. The van der Waals surface area contributed by atoms with Gasteiger partial charge in [0.1, 0.15) is 5.82 Å². The molecular weight excluding hydrogens is 319 g/mol. The highest BCUT2D eigenvalue weighted by atomic mass is 79.9. The lowest BCUT2D eigenvalue weighted by Crippen LogP contribution is -2.21. The van der Waals surface area contributed by atoms with Crippen LogP contribution in [0.2, 0.25) is 0 Å². The normalized spacial score (nSPS) is 11.8. The predicted octanol–water partition coefficient (Wildman–Crippen LogP) is 4.33. The number of hydrogen-bond acceptors (Lipinski definition) is 2. The summed E-state index contributed by atoms with van der Waals surface area (Å²) in [6, 6.07) is 16.6. The lowest BCUT2D eigenvalue weighted by molar-refractivity contribution is 0.522. The number of nitrogens with zero attached hydrogens (tertiary/aromatic N) is 1. The number of nitrogens with one attached hydrogen (secondary N) is 1. The van der Waals surface area contributed by atoms with Gasteiger partial charge in [0, 0.05) is 22.6 Å². The van der Waals surface area contributed by atoms with Crippen molar-refractivity contribution in [1.82, 2.24) is 5.32 Å². The third kappa shape index (κ3) is 3.89. The molecule has 1 unspecified atom stereocenters. The van der Waals surface area contributed by atoms with Crippen LogP contribution in [0.25, 0.3) is 0 Å². The average molecular weight is 333 g/mol. The Bertz CT molecular complexity index is 608. The molecule has 0 fully saturated rings. The molecule has 0 aromatic heterocycles. The van der Waals surface area contributed by atoms with Gasteiger partial charge >= 0.3 is 0 Å².